The van der Waals surface area contributed by atoms with Crippen LogP contribution in [0.4, 0.5) is 0 Å². The Balaban J connectivity index is 1.15. The fraction of sp³-hybridized carbons (Fsp3) is 0.900. The number of ether oxygens (including phenoxy) is 4. The summed E-state index contributed by atoms with van der Waals surface area (Å²) in [6.07, 6.45) is 10.2. The van der Waals surface area contributed by atoms with Gasteiger partial charge >= 0.3 is 5.97 Å². The molecule has 6 aliphatic rings. The summed E-state index contributed by atoms with van der Waals surface area (Å²) in [5, 5.41) is 22.7. The fourth-order valence-corrected chi connectivity index (χ4v) is 10.0. The third-order valence-electron chi connectivity index (χ3n) is 12.2. The minimum atomic E-state index is -0.670. The number of cyclic esters (lactones) is 1. The van der Waals surface area contributed by atoms with E-state index in [0.717, 1.165) is 63.4 Å². The molecule has 2 aliphatic heterocycles. The van der Waals surface area contributed by atoms with Crippen LogP contribution in [-0.2, 0) is 23.7 Å². The molecule has 0 bridgehead atoms. The van der Waals surface area contributed by atoms with Crippen LogP contribution >= 0.6 is 0 Å². The lowest BCUT2D eigenvalue weighted by molar-refractivity contribution is -0.273. The lowest BCUT2D eigenvalue weighted by atomic mass is 9.43. The second-order valence-electron chi connectivity index (χ2n) is 13.6. The van der Waals surface area contributed by atoms with Crippen molar-refractivity contribution in [1.82, 2.24) is 0 Å². The number of esters is 1. The Morgan fingerprint density at radius 1 is 1.03 bits per heavy atom. The first kappa shape index (κ1) is 26.2. The molecule has 7 heteroatoms. The molecule has 2 N–H and O–H groups in total. The van der Waals surface area contributed by atoms with Gasteiger partial charge in [0.05, 0.1) is 23.9 Å². The predicted octanol–water partition coefficient (Wildman–Crippen LogP) is 4.14. The molecule has 208 valence electrons. The molecule has 4 saturated carbocycles. The van der Waals surface area contributed by atoms with Crippen LogP contribution in [0.1, 0.15) is 85.0 Å². The molecule has 6 rings (SSSR count). The van der Waals surface area contributed by atoms with Crippen LogP contribution in [-0.4, -0.2) is 66.2 Å². The first-order valence-corrected chi connectivity index (χ1v) is 14.7. The van der Waals surface area contributed by atoms with Gasteiger partial charge in [0.15, 0.2) is 6.29 Å². The maximum absolute atomic E-state index is 12.4. The highest BCUT2D eigenvalue weighted by atomic mass is 16.7. The second-order valence-corrected chi connectivity index (χ2v) is 13.6. The molecule has 0 amide bonds. The van der Waals surface area contributed by atoms with E-state index < -0.39 is 11.7 Å². The van der Waals surface area contributed by atoms with Crippen molar-refractivity contribution in [1.29, 1.82) is 0 Å². The van der Waals surface area contributed by atoms with Gasteiger partial charge in [-0.15, -0.1) is 0 Å². The van der Waals surface area contributed by atoms with Crippen molar-refractivity contribution in [2.75, 3.05) is 13.7 Å². The van der Waals surface area contributed by atoms with Crippen LogP contribution in [0.2, 0.25) is 0 Å². The standard InChI is InChI=1S/C30H46O7/c1-17-27(32)24(34-4)15-26(36-17)37-20-7-10-28(2)19(14-20)5-6-23-22(28)8-11-29(3)21(9-12-30(23,29)33)18-13-25(31)35-16-18/h13,17,19-24,26-27,32-33H,5-12,14-16H2,1-4H3/t17-,19?,20?,21?,22?,23?,24-,26?,27+,28?,29?,30?/m0/s1. The van der Waals surface area contributed by atoms with E-state index in [0.29, 0.717) is 30.8 Å². The summed E-state index contributed by atoms with van der Waals surface area (Å²) in [6.45, 7) is 7.07. The number of hydrogen-bond donors (Lipinski definition) is 2. The Morgan fingerprint density at radius 2 is 1.84 bits per heavy atom. The van der Waals surface area contributed by atoms with Crippen LogP contribution in [0.5, 0.6) is 0 Å². The van der Waals surface area contributed by atoms with E-state index in [4.69, 9.17) is 18.9 Å². The van der Waals surface area contributed by atoms with Gasteiger partial charge in [-0.05, 0) is 99.4 Å². The molecule has 0 aromatic carbocycles. The van der Waals surface area contributed by atoms with Crippen molar-refractivity contribution >= 4 is 5.97 Å². The summed E-state index contributed by atoms with van der Waals surface area (Å²) in [5.41, 5.74) is 0.461. The molecular weight excluding hydrogens is 472 g/mol. The zero-order chi connectivity index (χ0) is 26.2. The molecule has 0 aromatic heterocycles. The monoisotopic (exact) mass is 518 g/mol. The van der Waals surface area contributed by atoms with E-state index >= 15 is 0 Å². The smallest absolute Gasteiger partial charge is 0.331 e. The van der Waals surface area contributed by atoms with Crippen LogP contribution in [0.3, 0.4) is 0 Å². The van der Waals surface area contributed by atoms with Crippen molar-refractivity contribution in [3.8, 4) is 0 Å². The summed E-state index contributed by atoms with van der Waals surface area (Å²) in [5.74, 6) is 1.45. The largest absolute Gasteiger partial charge is 0.458 e. The Kier molecular flexibility index (Phi) is 6.59. The molecular formula is C30H46O7. The molecule has 2 heterocycles. The van der Waals surface area contributed by atoms with Crippen molar-refractivity contribution in [3.05, 3.63) is 11.6 Å². The molecule has 4 aliphatic carbocycles. The number of methoxy groups -OCH3 is 1. The number of rotatable bonds is 4. The zero-order valence-corrected chi connectivity index (χ0v) is 23.0. The van der Waals surface area contributed by atoms with Gasteiger partial charge in [0.25, 0.3) is 0 Å². The fourth-order valence-electron chi connectivity index (χ4n) is 10.0. The maximum atomic E-state index is 12.4. The van der Waals surface area contributed by atoms with E-state index in [9.17, 15) is 15.0 Å². The van der Waals surface area contributed by atoms with E-state index in [2.05, 4.69) is 13.8 Å². The van der Waals surface area contributed by atoms with Crippen molar-refractivity contribution in [2.45, 2.75) is 121 Å². The lowest BCUT2D eigenvalue weighted by Crippen LogP contribution is -2.62. The van der Waals surface area contributed by atoms with E-state index in [1.165, 1.54) is 0 Å². The number of aliphatic hydroxyl groups is 2. The molecule has 1 saturated heterocycles. The summed E-state index contributed by atoms with van der Waals surface area (Å²) in [7, 11) is 1.64. The van der Waals surface area contributed by atoms with Crippen molar-refractivity contribution in [3.63, 3.8) is 0 Å². The lowest BCUT2D eigenvalue weighted by Gasteiger charge is -2.64. The van der Waals surface area contributed by atoms with Crippen LogP contribution in [0.15, 0.2) is 11.6 Å². The molecule has 9 unspecified atom stereocenters. The van der Waals surface area contributed by atoms with Gasteiger partial charge in [0.1, 0.15) is 12.7 Å². The van der Waals surface area contributed by atoms with Gasteiger partial charge in [0, 0.05) is 25.0 Å². The quantitative estimate of drug-likeness (QED) is 0.427. The number of aliphatic hydroxyl groups excluding tert-OH is 1. The van der Waals surface area contributed by atoms with Gasteiger partial charge in [-0.3, -0.25) is 0 Å². The highest BCUT2D eigenvalue weighted by Crippen LogP contribution is 2.70. The summed E-state index contributed by atoms with van der Waals surface area (Å²) >= 11 is 0. The zero-order valence-electron chi connectivity index (χ0n) is 23.0. The third kappa shape index (κ3) is 3.97. The second kappa shape index (κ2) is 9.29. The maximum Gasteiger partial charge on any atom is 0.331 e. The first-order chi connectivity index (χ1) is 17.6. The van der Waals surface area contributed by atoms with Crippen LogP contribution in [0, 0.1) is 34.5 Å². The minimum absolute atomic E-state index is 0.166. The third-order valence-corrected chi connectivity index (χ3v) is 12.2. The minimum Gasteiger partial charge on any atom is -0.458 e. The Morgan fingerprint density at radius 3 is 2.57 bits per heavy atom. The molecule has 7 nitrogen and oxygen atoms in total. The predicted molar refractivity (Wildman–Crippen MR) is 136 cm³/mol. The summed E-state index contributed by atoms with van der Waals surface area (Å²) < 4.78 is 23.2. The highest BCUT2D eigenvalue weighted by molar-refractivity contribution is 5.85. The first-order valence-electron chi connectivity index (χ1n) is 14.7. The molecule has 5 fully saturated rings. The molecule has 37 heavy (non-hydrogen) atoms. The topological polar surface area (TPSA) is 94.5 Å². The number of fused-ring (bicyclic) bond motifs is 5. The van der Waals surface area contributed by atoms with Gasteiger partial charge in [0.2, 0.25) is 0 Å². The molecule has 12 atom stereocenters. The van der Waals surface area contributed by atoms with Gasteiger partial charge in [-0.2, -0.15) is 0 Å². The number of hydrogen-bond acceptors (Lipinski definition) is 7. The molecule has 0 aromatic rings. The molecule has 0 radical (unpaired) electrons. The van der Waals surface area contributed by atoms with Crippen LogP contribution in [0.25, 0.3) is 0 Å². The number of carbonyl (C=O) groups excluding carboxylic acids is 1. The summed E-state index contributed by atoms with van der Waals surface area (Å²) in [4.78, 5) is 11.8. The van der Waals surface area contributed by atoms with E-state index in [-0.39, 0.29) is 47.3 Å². The normalized spacial score (nSPS) is 53.6. The SMILES string of the molecule is CO[C@H]1CC(OC2CCC3(C)C(CCC4C3CCC3(C)C(C5=CC(=O)OC5)CCC43O)C2)O[C@@H](C)[C@H]1O. The van der Waals surface area contributed by atoms with Gasteiger partial charge in [-0.25, -0.2) is 4.79 Å². The van der Waals surface area contributed by atoms with Crippen LogP contribution < -0.4 is 0 Å². The summed E-state index contributed by atoms with van der Waals surface area (Å²) in [6, 6.07) is 0. The Hall–Kier alpha value is -0.990. The van der Waals surface area contributed by atoms with Gasteiger partial charge < -0.3 is 29.2 Å². The van der Waals surface area contributed by atoms with Crippen molar-refractivity contribution in [2.24, 2.45) is 34.5 Å². The molecule has 0 spiro atoms. The Bertz CT molecular complexity index is 935. The van der Waals surface area contributed by atoms with Crippen molar-refractivity contribution < 1.29 is 34.0 Å². The highest BCUT2D eigenvalue weighted by Gasteiger charge is 2.67. The van der Waals surface area contributed by atoms with E-state index in [1.807, 2.05) is 6.92 Å². The average Bonchev–Trinajstić information content (AvgIpc) is 3.41. The number of carbonyl (C=O) groups is 1. The van der Waals surface area contributed by atoms with E-state index in [1.54, 1.807) is 13.2 Å². The Labute approximate surface area is 221 Å². The average molecular weight is 519 g/mol. The van der Waals surface area contributed by atoms with Gasteiger partial charge in [-0.1, -0.05) is 13.8 Å².